The van der Waals surface area contributed by atoms with Gasteiger partial charge in [0, 0.05) is 17.9 Å². The summed E-state index contributed by atoms with van der Waals surface area (Å²) in [6.45, 7) is 0.130. The third kappa shape index (κ3) is 2.18. The Morgan fingerprint density at radius 1 is 1.31 bits per heavy atom. The first-order valence-corrected chi connectivity index (χ1v) is 5.89. The number of nitrogens with zero attached hydrogens (tertiary/aromatic N) is 2. The molecular formula is C12H13BrN2O. The Labute approximate surface area is 103 Å². The Kier molecular flexibility index (Phi) is 3.41. The van der Waals surface area contributed by atoms with E-state index in [-0.39, 0.29) is 6.61 Å². The summed E-state index contributed by atoms with van der Waals surface area (Å²) in [5.41, 5.74) is 2.19. The molecule has 0 fully saturated rings. The van der Waals surface area contributed by atoms with Gasteiger partial charge in [0.25, 0.3) is 0 Å². The number of aromatic nitrogens is 2. The molecule has 0 unspecified atom stereocenters. The number of imidazole rings is 1. The first-order chi connectivity index (χ1) is 7.72. The van der Waals surface area contributed by atoms with Crippen molar-refractivity contribution >= 4 is 15.9 Å². The number of benzene rings is 1. The van der Waals surface area contributed by atoms with Crippen LogP contribution in [0.15, 0.2) is 34.9 Å². The third-order valence-electron chi connectivity index (χ3n) is 2.56. The summed E-state index contributed by atoms with van der Waals surface area (Å²) in [4.78, 5) is 4.30. The molecule has 1 aromatic heterocycles. The van der Waals surface area contributed by atoms with Crippen molar-refractivity contribution in [2.75, 3.05) is 6.61 Å². The molecule has 84 valence electrons. The topological polar surface area (TPSA) is 38.0 Å². The SMILES string of the molecule is Cn1c(-c2ccc(Br)cc2)cnc1CCO. The number of hydrogen-bond donors (Lipinski definition) is 1. The van der Waals surface area contributed by atoms with Crippen molar-refractivity contribution in [3.05, 3.63) is 40.8 Å². The molecule has 0 bridgehead atoms. The van der Waals surface area contributed by atoms with Gasteiger partial charge >= 0.3 is 0 Å². The van der Waals surface area contributed by atoms with Gasteiger partial charge in [-0.2, -0.15) is 0 Å². The van der Waals surface area contributed by atoms with E-state index in [9.17, 15) is 0 Å². The van der Waals surface area contributed by atoms with Gasteiger partial charge in [0.2, 0.25) is 0 Å². The molecule has 0 aliphatic heterocycles. The monoisotopic (exact) mass is 280 g/mol. The van der Waals surface area contributed by atoms with Gasteiger partial charge in [-0.3, -0.25) is 0 Å². The minimum absolute atomic E-state index is 0.130. The molecule has 2 rings (SSSR count). The highest BCUT2D eigenvalue weighted by Gasteiger charge is 2.07. The molecule has 0 spiro atoms. The fourth-order valence-electron chi connectivity index (χ4n) is 1.67. The average Bonchev–Trinajstić information content (AvgIpc) is 2.63. The Balaban J connectivity index is 2.37. The lowest BCUT2D eigenvalue weighted by Crippen LogP contribution is -2.02. The molecule has 1 aromatic carbocycles. The highest BCUT2D eigenvalue weighted by molar-refractivity contribution is 9.10. The molecule has 1 N–H and O–H groups in total. The molecule has 0 aliphatic carbocycles. The Hall–Kier alpha value is -1.13. The molecule has 0 amide bonds. The van der Waals surface area contributed by atoms with Crippen molar-refractivity contribution < 1.29 is 5.11 Å². The van der Waals surface area contributed by atoms with Crippen LogP contribution in [0.5, 0.6) is 0 Å². The predicted octanol–water partition coefficient (Wildman–Crippen LogP) is 2.38. The van der Waals surface area contributed by atoms with E-state index in [4.69, 9.17) is 5.11 Å². The fraction of sp³-hybridized carbons (Fsp3) is 0.250. The molecular weight excluding hydrogens is 268 g/mol. The van der Waals surface area contributed by atoms with Crippen molar-refractivity contribution in [1.82, 2.24) is 9.55 Å². The lowest BCUT2D eigenvalue weighted by atomic mass is 10.2. The summed E-state index contributed by atoms with van der Waals surface area (Å²) >= 11 is 3.41. The van der Waals surface area contributed by atoms with Crippen LogP contribution < -0.4 is 0 Å². The summed E-state index contributed by atoms with van der Waals surface area (Å²) in [6, 6.07) is 8.11. The molecule has 2 aromatic rings. The molecule has 3 nitrogen and oxygen atoms in total. The average molecular weight is 281 g/mol. The second kappa shape index (κ2) is 4.80. The van der Waals surface area contributed by atoms with Gasteiger partial charge in [0.1, 0.15) is 5.82 Å². The van der Waals surface area contributed by atoms with Crippen LogP contribution in [0, 0.1) is 0 Å². The van der Waals surface area contributed by atoms with Crippen LogP contribution >= 0.6 is 15.9 Å². The van der Waals surface area contributed by atoms with Crippen LogP contribution in [0.2, 0.25) is 0 Å². The maximum atomic E-state index is 8.90. The molecule has 0 saturated carbocycles. The van der Waals surface area contributed by atoms with Crippen molar-refractivity contribution in [3.8, 4) is 11.3 Å². The van der Waals surface area contributed by atoms with Crippen LogP contribution in [-0.4, -0.2) is 21.3 Å². The quantitative estimate of drug-likeness (QED) is 0.938. The van der Waals surface area contributed by atoms with Gasteiger partial charge in [-0.15, -0.1) is 0 Å². The summed E-state index contributed by atoms with van der Waals surface area (Å²) in [6.07, 6.45) is 2.43. The minimum atomic E-state index is 0.130. The van der Waals surface area contributed by atoms with Crippen LogP contribution in [0.4, 0.5) is 0 Å². The maximum absolute atomic E-state index is 8.90. The second-order valence-corrected chi connectivity index (χ2v) is 4.51. The zero-order valence-electron chi connectivity index (χ0n) is 9.02. The van der Waals surface area contributed by atoms with Gasteiger partial charge in [-0.25, -0.2) is 4.98 Å². The van der Waals surface area contributed by atoms with E-state index >= 15 is 0 Å². The molecule has 0 radical (unpaired) electrons. The van der Waals surface area contributed by atoms with Gasteiger partial charge in [0.15, 0.2) is 0 Å². The number of hydrogen-bond acceptors (Lipinski definition) is 2. The van der Waals surface area contributed by atoms with E-state index in [1.54, 1.807) is 0 Å². The number of aliphatic hydroxyl groups excluding tert-OH is 1. The highest BCUT2D eigenvalue weighted by atomic mass is 79.9. The number of rotatable bonds is 3. The first-order valence-electron chi connectivity index (χ1n) is 5.10. The normalized spacial score (nSPS) is 10.7. The third-order valence-corrected chi connectivity index (χ3v) is 3.09. The van der Waals surface area contributed by atoms with Crippen molar-refractivity contribution in [3.63, 3.8) is 0 Å². The van der Waals surface area contributed by atoms with Crippen molar-refractivity contribution in [2.45, 2.75) is 6.42 Å². The van der Waals surface area contributed by atoms with Gasteiger partial charge in [-0.1, -0.05) is 28.1 Å². The van der Waals surface area contributed by atoms with Crippen molar-refractivity contribution in [1.29, 1.82) is 0 Å². The summed E-state index contributed by atoms with van der Waals surface area (Å²) in [5, 5.41) is 8.90. The lowest BCUT2D eigenvalue weighted by molar-refractivity contribution is 0.295. The smallest absolute Gasteiger partial charge is 0.111 e. The summed E-state index contributed by atoms with van der Waals surface area (Å²) < 4.78 is 3.08. The van der Waals surface area contributed by atoms with Crippen LogP contribution in [0.3, 0.4) is 0 Å². The highest BCUT2D eigenvalue weighted by Crippen LogP contribution is 2.22. The van der Waals surface area contributed by atoms with E-state index in [1.165, 1.54) is 0 Å². The maximum Gasteiger partial charge on any atom is 0.111 e. The Bertz CT molecular complexity index is 476. The largest absolute Gasteiger partial charge is 0.396 e. The summed E-state index contributed by atoms with van der Waals surface area (Å²) in [7, 11) is 1.97. The van der Waals surface area contributed by atoms with Crippen LogP contribution in [0.25, 0.3) is 11.3 Å². The number of halogens is 1. The minimum Gasteiger partial charge on any atom is -0.396 e. The van der Waals surface area contributed by atoms with Gasteiger partial charge < -0.3 is 9.67 Å². The number of aliphatic hydroxyl groups is 1. The van der Waals surface area contributed by atoms with Crippen molar-refractivity contribution in [2.24, 2.45) is 7.05 Å². The lowest BCUT2D eigenvalue weighted by Gasteiger charge is -2.05. The van der Waals surface area contributed by atoms with E-state index in [0.717, 1.165) is 21.6 Å². The van der Waals surface area contributed by atoms with E-state index in [0.29, 0.717) is 6.42 Å². The first kappa shape index (κ1) is 11.4. The summed E-state index contributed by atoms with van der Waals surface area (Å²) in [5.74, 6) is 0.903. The molecule has 0 atom stereocenters. The molecule has 0 saturated heterocycles. The molecule has 1 heterocycles. The molecule has 0 aliphatic rings. The predicted molar refractivity (Wildman–Crippen MR) is 67.1 cm³/mol. The van der Waals surface area contributed by atoms with Gasteiger partial charge in [0.05, 0.1) is 18.5 Å². The molecule has 16 heavy (non-hydrogen) atoms. The van der Waals surface area contributed by atoms with Crippen LogP contribution in [-0.2, 0) is 13.5 Å². The Morgan fingerprint density at radius 3 is 2.62 bits per heavy atom. The molecule has 4 heteroatoms. The van der Waals surface area contributed by atoms with Gasteiger partial charge in [-0.05, 0) is 17.7 Å². The van der Waals surface area contributed by atoms with E-state index in [2.05, 4.69) is 20.9 Å². The van der Waals surface area contributed by atoms with E-state index in [1.807, 2.05) is 42.1 Å². The second-order valence-electron chi connectivity index (χ2n) is 3.60. The standard InChI is InChI=1S/C12H13BrN2O/c1-15-11(8-14-12(15)6-7-16)9-2-4-10(13)5-3-9/h2-5,8,16H,6-7H2,1H3. The fourth-order valence-corrected chi connectivity index (χ4v) is 1.93. The van der Waals surface area contributed by atoms with E-state index < -0.39 is 0 Å². The zero-order valence-corrected chi connectivity index (χ0v) is 10.6. The van der Waals surface area contributed by atoms with Crippen LogP contribution in [0.1, 0.15) is 5.82 Å². The zero-order chi connectivity index (χ0) is 11.5. The Morgan fingerprint density at radius 2 is 2.00 bits per heavy atom.